The summed E-state index contributed by atoms with van der Waals surface area (Å²) in [4.78, 5) is 1.00. The van der Waals surface area contributed by atoms with Gasteiger partial charge < -0.3 is 13.7 Å². The van der Waals surface area contributed by atoms with Crippen molar-refractivity contribution in [2.75, 3.05) is 0 Å². The van der Waals surface area contributed by atoms with Crippen LogP contribution in [-0.2, 0) is 10.8 Å². The number of benzene rings is 11. The van der Waals surface area contributed by atoms with Crippen molar-refractivity contribution in [1.82, 2.24) is 13.7 Å². The highest BCUT2D eigenvalue weighted by molar-refractivity contribution is 7.80. The summed E-state index contributed by atoms with van der Waals surface area (Å²) in [6.07, 6.45) is 2.47. The number of hydrogen-bond donors (Lipinski definition) is 1. The number of hydrogen-bond acceptors (Lipinski definition) is 1. The molecule has 0 unspecified atom stereocenters. The third-order valence-corrected chi connectivity index (χ3v) is 18.5. The Morgan fingerprint density at radius 3 is 1.20 bits per heavy atom. The van der Waals surface area contributed by atoms with E-state index in [9.17, 15) is 0 Å². The predicted molar refractivity (Wildman–Crippen MR) is 359 cm³/mol. The molecule has 5 heteroatoms. The van der Waals surface area contributed by atoms with Crippen LogP contribution < -0.4 is 16.4 Å². The first-order valence-corrected chi connectivity index (χ1v) is 30.0. The van der Waals surface area contributed by atoms with Crippen LogP contribution >= 0.6 is 12.6 Å². The number of thiol groups is 1. The summed E-state index contributed by atoms with van der Waals surface area (Å²) < 4.78 is 7.28. The van der Waals surface area contributed by atoms with Gasteiger partial charge in [-0.2, -0.15) is 0 Å². The summed E-state index contributed by atoms with van der Waals surface area (Å²) in [6, 6.07) is 89.0. The molecule has 0 radical (unpaired) electrons. The van der Waals surface area contributed by atoms with Crippen molar-refractivity contribution >= 4 is 101 Å². The molecule has 11 aromatic carbocycles. The fraction of sp³-hybridized carbons (Fsp3) is 0.154. The fourth-order valence-electron chi connectivity index (χ4n) is 13.7. The maximum absolute atomic E-state index is 5.60. The molecule has 0 N–H and O–H groups in total. The highest BCUT2D eigenvalue weighted by atomic mass is 32.1. The largest absolute Gasteiger partial charge is 0.309 e. The van der Waals surface area contributed by atoms with E-state index in [1.54, 1.807) is 0 Å². The molecule has 1 fully saturated rings. The molecule has 0 atom stereocenters. The van der Waals surface area contributed by atoms with E-state index in [-0.39, 0.29) is 17.5 Å². The van der Waals surface area contributed by atoms with Gasteiger partial charge in [0.1, 0.15) is 0 Å². The van der Waals surface area contributed by atoms with Gasteiger partial charge in [-0.25, -0.2) is 0 Å². The number of rotatable bonds is 9. The summed E-state index contributed by atoms with van der Waals surface area (Å²) in [7, 11) is 0. The molecule has 14 aromatic rings. The van der Waals surface area contributed by atoms with E-state index in [0.717, 1.165) is 33.0 Å². The molecule has 15 rings (SSSR count). The van der Waals surface area contributed by atoms with Gasteiger partial charge in [-0.1, -0.05) is 203 Å². The van der Waals surface area contributed by atoms with Crippen LogP contribution in [0, 0.1) is 6.92 Å². The van der Waals surface area contributed by atoms with Gasteiger partial charge in [0.05, 0.1) is 33.1 Å². The third kappa shape index (κ3) is 8.65. The maximum Gasteiger partial charge on any atom is 0.243 e. The minimum absolute atomic E-state index is 0.0107. The van der Waals surface area contributed by atoms with Gasteiger partial charge in [0.25, 0.3) is 0 Å². The van der Waals surface area contributed by atoms with Gasteiger partial charge in [-0.3, -0.25) is 0 Å². The number of aryl methyl sites for hydroxylation is 1. The van der Waals surface area contributed by atoms with Gasteiger partial charge in [-0.05, 0) is 173 Å². The molecule has 1 aliphatic rings. The second-order valence-electron chi connectivity index (χ2n) is 25.5. The standard InChI is InChI=1S/C78H66BN3S/c1-49-42-60(48-75(83)76(49)79(57-35-32-55(33-36-57)77(2,3)4)68-37-34-56(78(5,6)7)47-63(68)50-26-27-50)82-73-40-30-53(51-28-38-71-64(43-51)61-22-14-16-24-69(61)80(71)58-18-10-8-11-19-58)45-66(73)67-46-54(31-41-74(67)82)52-29-39-72-65(44-52)62-23-15-17-25-70(62)81(72)59-20-12-9-13-21-59/h8-25,28-48,50,83H,26-27H2,1-7H3. The van der Waals surface area contributed by atoms with Crippen LogP contribution in [0.2, 0.25) is 0 Å². The van der Waals surface area contributed by atoms with Crippen LogP contribution in [0.15, 0.2) is 241 Å². The van der Waals surface area contributed by atoms with Crippen LogP contribution in [0.4, 0.5) is 0 Å². The van der Waals surface area contributed by atoms with Crippen LogP contribution in [0.25, 0.3) is 105 Å². The summed E-state index contributed by atoms with van der Waals surface area (Å²) >= 11 is 5.60. The van der Waals surface area contributed by atoms with Crippen molar-refractivity contribution in [3.63, 3.8) is 0 Å². The number of aromatic nitrogens is 3. The molecule has 0 saturated heterocycles. The normalized spacial score (nSPS) is 13.2. The van der Waals surface area contributed by atoms with E-state index < -0.39 is 0 Å². The van der Waals surface area contributed by atoms with E-state index in [4.69, 9.17) is 12.6 Å². The maximum atomic E-state index is 5.60. The highest BCUT2D eigenvalue weighted by Crippen LogP contribution is 2.43. The zero-order valence-corrected chi connectivity index (χ0v) is 49.3. The fourth-order valence-corrected chi connectivity index (χ4v) is 14.1. The monoisotopic (exact) mass is 1090 g/mol. The van der Waals surface area contributed by atoms with E-state index >= 15 is 0 Å². The second kappa shape index (κ2) is 19.4. The Hall–Kier alpha value is -8.77. The van der Waals surface area contributed by atoms with Gasteiger partial charge in [0.2, 0.25) is 6.71 Å². The van der Waals surface area contributed by atoms with E-state index in [2.05, 4.69) is 299 Å². The highest BCUT2D eigenvalue weighted by Gasteiger charge is 2.35. The topological polar surface area (TPSA) is 14.8 Å². The lowest BCUT2D eigenvalue weighted by Gasteiger charge is -2.27. The van der Waals surface area contributed by atoms with Crippen molar-refractivity contribution in [2.24, 2.45) is 0 Å². The van der Waals surface area contributed by atoms with Crippen LogP contribution in [-0.4, -0.2) is 20.4 Å². The third-order valence-electron chi connectivity index (χ3n) is 18.1. The summed E-state index contributed by atoms with van der Waals surface area (Å²) in [5.74, 6) is 0.576. The number of para-hydroxylation sites is 4. The van der Waals surface area contributed by atoms with Crippen molar-refractivity contribution in [1.29, 1.82) is 0 Å². The first kappa shape index (κ1) is 51.1. The molecular formula is C78H66BN3S. The van der Waals surface area contributed by atoms with Gasteiger partial charge >= 0.3 is 0 Å². The Morgan fingerprint density at radius 2 is 0.771 bits per heavy atom. The Kier molecular flexibility index (Phi) is 12.0. The molecule has 0 bridgehead atoms. The molecule has 0 spiro atoms. The molecular weight excluding hydrogens is 1020 g/mol. The molecule has 3 nitrogen and oxygen atoms in total. The first-order chi connectivity index (χ1) is 40.2. The summed E-state index contributed by atoms with van der Waals surface area (Å²) in [5.41, 5.74) is 24.8. The Labute approximate surface area is 493 Å². The molecule has 83 heavy (non-hydrogen) atoms. The predicted octanol–water partition coefficient (Wildman–Crippen LogP) is 18.9. The second-order valence-corrected chi connectivity index (χ2v) is 26.0. The zero-order valence-electron chi connectivity index (χ0n) is 48.4. The van der Waals surface area contributed by atoms with Gasteiger partial charge in [-0.15, -0.1) is 12.6 Å². The number of fused-ring (bicyclic) bond motifs is 9. The minimum Gasteiger partial charge on any atom is -0.309 e. The van der Waals surface area contributed by atoms with Crippen LogP contribution in [0.3, 0.4) is 0 Å². The smallest absolute Gasteiger partial charge is 0.243 e. The molecule has 1 aliphatic carbocycles. The van der Waals surface area contributed by atoms with Crippen molar-refractivity contribution in [3.8, 4) is 39.3 Å². The molecule has 0 aliphatic heterocycles. The molecule has 0 amide bonds. The van der Waals surface area contributed by atoms with Crippen molar-refractivity contribution in [3.05, 3.63) is 259 Å². The zero-order chi connectivity index (χ0) is 56.5. The lowest BCUT2D eigenvalue weighted by molar-refractivity contribution is 0.589. The van der Waals surface area contributed by atoms with E-state index in [1.165, 1.54) is 128 Å². The Bertz CT molecular complexity index is 4650. The average molecular weight is 1090 g/mol. The summed E-state index contributed by atoms with van der Waals surface area (Å²) in [5, 5.41) is 7.39. The van der Waals surface area contributed by atoms with E-state index in [1.807, 2.05) is 0 Å². The number of nitrogens with zero attached hydrogens (tertiary/aromatic N) is 3. The Balaban J connectivity index is 0.922. The van der Waals surface area contributed by atoms with Crippen molar-refractivity contribution < 1.29 is 0 Å². The quantitative estimate of drug-likeness (QED) is 0.109. The lowest BCUT2D eigenvalue weighted by atomic mass is 9.35. The summed E-state index contributed by atoms with van der Waals surface area (Å²) in [6.45, 7) is 16.2. The van der Waals surface area contributed by atoms with Gasteiger partial charge in [0, 0.05) is 54.3 Å². The SMILES string of the molecule is Cc1cc(-n2c3ccc(-c4ccc5c(c4)c4ccccc4n5-c4ccccc4)cc3c3cc(-c4ccc5c(c4)c4ccccc4n5-c4ccccc4)ccc32)cc(S)c1B(c1ccc(C(C)(C)C)cc1)c1ccc(C(C)(C)C)cc1C1CC1. The Morgan fingerprint density at radius 1 is 0.373 bits per heavy atom. The van der Waals surface area contributed by atoms with Crippen molar-refractivity contribution in [2.45, 2.75) is 83.0 Å². The first-order valence-electron chi connectivity index (χ1n) is 29.6. The van der Waals surface area contributed by atoms with Crippen LogP contribution in [0.1, 0.15) is 82.6 Å². The molecule has 1 saturated carbocycles. The van der Waals surface area contributed by atoms with E-state index in [0.29, 0.717) is 5.92 Å². The molecule has 3 aromatic heterocycles. The average Bonchev–Trinajstić information content (AvgIpc) is 3.00. The lowest BCUT2D eigenvalue weighted by Crippen LogP contribution is -2.55. The van der Waals surface area contributed by atoms with Crippen LogP contribution in [0.5, 0.6) is 0 Å². The minimum atomic E-state index is 0.0107. The molecule has 402 valence electrons. The molecule has 3 heterocycles. The van der Waals surface area contributed by atoms with Gasteiger partial charge in [0.15, 0.2) is 0 Å².